The Bertz CT molecular complexity index is 648. The van der Waals surface area contributed by atoms with Crippen molar-refractivity contribution < 1.29 is 18.0 Å². The highest BCUT2D eigenvalue weighted by Crippen LogP contribution is 2.33. The zero-order valence-corrected chi connectivity index (χ0v) is 12.3. The average molecular weight is 340 g/mol. The minimum Gasteiger partial charge on any atom is -0.299 e. The lowest BCUT2D eigenvalue weighted by molar-refractivity contribution is -0.138. The highest BCUT2D eigenvalue weighted by Gasteiger charge is 2.36. The van der Waals surface area contributed by atoms with Crippen LogP contribution in [0.1, 0.15) is 23.7 Å². The van der Waals surface area contributed by atoms with Crippen LogP contribution in [0.3, 0.4) is 0 Å². The molecule has 0 aliphatic rings. The fraction of sp³-hybridized carbons (Fsp3) is 0.400. The van der Waals surface area contributed by atoms with Crippen LogP contribution in [0.15, 0.2) is 6.20 Å². The van der Waals surface area contributed by atoms with Crippen LogP contribution < -0.4 is 5.32 Å². The third kappa shape index (κ3) is 3.50. The number of rotatable bonds is 3. The number of carbonyl (C=O) groups is 1. The molecule has 0 aromatic carbocycles. The highest BCUT2D eigenvalue weighted by molar-refractivity contribution is 7.15. The van der Waals surface area contributed by atoms with Crippen LogP contribution in [-0.4, -0.2) is 25.9 Å². The van der Waals surface area contributed by atoms with Gasteiger partial charge in [-0.1, -0.05) is 22.9 Å². The van der Waals surface area contributed by atoms with Gasteiger partial charge in [-0.25, -0.2) is 0 Å². The van der Waals surface area contributed by atoms with Crippen molar-refractivity contribution in [3.63, 3.8) is 0 Å². The summed E-state index contributed by atoms with van der Waals surface area (Å²) in [5.74, 6) is -0.570. The Morgan fingerprint density at radius 2 is 2.14 bits per heavy atom. The van der Waals surface area contributed by atoms with Crippen LogP contribution in [0, 0.1) is 6.92 Å². The van der Waals surface area contributed by atoms with Crippen molar-refractivity contribution >= 4 is 34.0 Å². The maximum absolute atomic E-state index is 12.4. The molecular weight excluding hydrogens is 331 g/mol. The summed E-state index contributed by atoms with van der Waals surface area (Å²) in [4.78, 5) is 11.9. The van der Waals surface area contributed by atoms with Crippen molar-refractivity contribution in [2.45, 2.75) is 26.1 Å². The normalized spacial score (nSPS) is 13.2. The standard InChI is InChI=1S/C10H9ClF3N5OS/c1-4-6(11)3-19(18-4)5(2)7(20)15-9-17-16-8(21-9)10(12,13)14/h3,5H,1-2H3,(H,15,17,20)/t5-/m1/s1. The van der Waals surface area contributed by atoms with Crippen LogP contribution in [0.25, 0.3) is 0 Å². The molecule has 0 bridgehead atoms. The predicted molar refractivity (Wildman–Crippen MR) is 70.2 cm³/mol. The Hall–Kier alpha value is -1.68. The van der Waals surface area contributed by atoms with Gasteiger partial charge in [0.05, 0.1) is 10.7 Å². The number of hydrogen-bond donors (Lipinski definition) is 1. The molecule has 11 heteroatoms. The number of nitrogens with zero attached hydrogens (tertiary/aromatic N) is 4. The van der Waals surface area contributed by atoms with Gasteiger partial charge in [-0.05, 0) is 13.8 Å². The molecule has 1 amide bonds. The molecule has 2 aromatic rings. The summed E-state index contributed by atoms with van der Waals surface area (Å²) < 4.78 is 38.4. The molecule has 0 spiro atoms. The van der Waals surface area contributed by atoms with Gasteiger partial charge >= 0.3 is 6.18 Å². The van der Waals surface area contributed by atoms with Gasteiger partial charge in [0.1, 0.15) is 6.04 Å². The molecule has 6 nitrogen and oxygen atoms in total. The zero-order valence-electron chi connectivity index (χ0n) is 10.8. The molecule has 2 aromatic heterocycles. The molecule has 0 aliphatic carbocycles. The van der Waals surface area contributed by atoms with Gasteiger partial charge in [0.25, 0.3) is 5.91 Å². The Balaban J connectivity index is 2.09. The number of carbonyl (C=O) groups excluding carboxylic acids is 1. The monoisotopic (exact) mass is 339 g/mol. The molecule has 0 saturated heterocycles. The number of nitrogens with one attached hydrogen (secondary N) is 1. The summed E-state index contributed by atoms with van der Waals surface area (Å²) in [6.07, 6.45) is -3.12. The van der Waals surface area contributed by atoms with Gasteiger partial charge in [0.15, 0.2) is 0 Å². The highest BCUT2D eigenvalue weighted by atomic mass is 35.5. The Morgan fingerprint density at radius 3 is 2.62 bits per heavy atom. The second-order valence-electron chi connectivity index (χ2n) is 4.12. The maximum atomic E-state index is 12.4. The molecule has 1 atom stereocenters. The molecule has 2 heterocycles. The average Bonchev–Trinajstić information content (AvgIpc) is 2.96. The van der Waals surface area contributed by atoms with Crippen molar-refractivity contribution in [3.05, 3.63) is 21.9 Å². The van der Waals surface area contributed by atoms with E-state index in [0.29, 0.717) is 10.7 Å². The first-order valence-electron chi connectivity index (χ1n) is 5.61. The van der Waals surface area contributed by atoms with E-state index < -0.39 is 23.1 Å². The number of aromatic nitrogens is 4. The van der Waals surface area contributed by atoms with E-state index in [1.165, 1.54) is 17.8 Å². The van der Waals surface area contributed by atoms with Crippen molar-refractivity contribution in [2.75, 3.05) is 5.32 Å². The third-order valence-corrected chi connectivity index (χ3v) is 3.79. The lowest BCUT2D eigenvalue weighted by Gasteiger charge is -2.10. The quantitative estimate of drug-likeness (QED) is 0.933. The third-order valence-electron chi connectivity index (χ3n) is 2.53. The summed E-state index contributed by atoms with van der Waals surface area (Å²) >= 11 is 6.09. The van der Waals surface area contributed by atoms with E-state index in [4.69, 9.17) is 11.6 Å². The van der Waals surface area contributed by atoms with Crippen molar-refractivity contribution in [3.8, 4) is 0 Å². The predicted octanol–water partition coefficient (Wildman–Crippen LogP) is 2.91. The maximum Gasteiger partial charge on any atom is 0.445 e. The lowest BCUT2D eigenvalue weighted by Crippen LogP contribution is -2.24. The number of aryl methyl sites for hydroxylation is 1. The Labute approximate surface area is 125 Å². The molecular formula is C10H9ClF3N5OS. The second-order valence-corrected chi connectivity index (χ2v) is 5.50. The zero-order chi connectivity index (χ0) is 15.8. The van der Waals surface area contributed by atoms with E-state index >= 15 is 0 Å². The van der Waals surface area contributed by atoms with Gasteiger partial charge in [-0.15, -0.1) is 10.2 Å². The molecule has 0 aliphatic heterocycles. The van der Waals surface area contributed by atoms with Crippen LogP contribution in [0.4, 0.5) is 18.3 Å². The van der Waals surface area contributed by atoms with Crippen LogP contribution in [-0.2, 0) is 11.0 Å². The summed E-state index contributed by atoms with van der Waals surface area (Å²) in [6, 6.07) is -0.755. The fourth-order valence-electron chi connectivity index (χ4n) is 1.38. The molecule has 0 unspecified atom stereocenters. The molecule has 114 valence electrons. The minimum atomic E-state index is -4.58. The molecule has 1 N–H and O–H groups in total. The molecule has 21 heavy (non-hydrogen) atoms. The van der Waals surface area contributed by atoms with E-state index in [1.807, 2.05) is 0 Å². The SMILES string of the molecule is Cc1nn([C@H](C)C(=O)Nc2nnc(C(F)(F)F)s2)cc1Cl. The number of alkyl halides is 3. The van der Waals surface area contributed by atoms with E-state index in [1.54, 1.807) is 6.92 Å². The lowest BCUT2D eigenvalue weighted by atomic mass is 10.3. The van der Waals surface area contributed by atoms with Gasteiger partial charge < -0.3 is 0 Å². The number of halogens is 4. The molecule has 2 rings (SSSR count). The van der Waals surface area contributed by atoms with Crippen molar-refractivity contribution in [1.29, 1.82) is 0 Å². The second kappa shape index (κ2) is 5.60. The summed E-state index contributed by atoms with van der Waals surface area (Å²) in [7, 11) is 0. The van der Waals surface area contributed by atoms with Gasteiger partial charge in [0.2, 0.25) is 10.1 Å². The van der Waals surface area contributed by atoms with Crippen LogP contribution in [0.2, 0.25) is 5.02 Å². The minimum absolute atomic E-state index is 0.228. The van der Waals surface area contributed by atoms with E-state index in [-0.39, 0.29) is 16.5 Å². The topological polar surface area (TPSA) is 72.7 Å². The van der Waals surface area contributed by atoms with Crippen molar-refractivity contribution in [1.82, 2.24) is 20.0 Å². The largest absolute Gasteiger partial charge is 0.445 e. The van der Waals surface area contributed by atoms with E-state index in [9.17, 15) is 18.0 Å². The van der Waals surface area contributed by atoms with Crippen molar-refractivity contribution in [2.24, 2.45) is 0 Å². The first-order chi connectivity index (χ1) is 9.68. The van der Waals surface area contributed by atoms with Gasteiger partial charge in [0, 0.05) is 6.20 Å². The van der Waals surface area contributed by atoms with E-state index in [2.05, 4.69) is 20.6 Å². The molecule has 0 radical (unpaired) electrons. The van der Waals surface area contributed by atoms with Gasteiger partial charge in [-0.3, -0.25) is 14.8 Å². The van der Waals surface area contributed by atoms with Crippen LogP contribution in [0.5, 0.6) is 0 Å². The smallest absolute Gasteiger partial charge is 0.299 e. The summed E-state index contributed by atoms with van der Waals surface area (Å²) in [6.45, 7) is 3.20. The van der Waals surface area contributed by atoms with E-state index in [0.717, 1.165) is 0 Å². The first kappa shape index (κ1) is 15.7. The summed E-state index contributed by atoms with van der Waals surface area (Å²) in [5.41, 5.74) is 0.548. The molecule has 0 fully saturated rings. The number of anilines is 1. The number of amides is 1. The first-order valence-corrected chi connectivity index (χ1v) is 6.80. The Kier molecular flexibility index (Phi) is 4.19. The fourth-order valence-corrected chi connectivity index (χ4v) is 2.13. The van der Waals surface area contributed by atoms with Gasteiger partial charge in [-0.2, -0.15) is 18.3 Å². The number of hydrogen-bond acceptors (Lipinski definition) is 5. The summed E-state index contributed by atoms with van der Waals surface area (Å²) in [5, 5.41) is 11.6. The Morgan fingerprint density at radius 1 is 1.48 bits per heavy atom. The van der Waals surface area contributed by atoms with Crippen LogP contribution >= 0.6 is 22.9 Å². The molecule has 0 saturated carbocycles.